The molecular formula is C64H79N9O13. The molecule has 0 aliphatic carbocycles. The minimum absolute atomic E-state index is 0.135. The van der Waals surface area contributed by atoms with E-state index in [0.717, 1.165) is 7.11 Å². The number of fused-ring (bicyclic) bond motifs is 1. The summed E-state index contributed by atoms with van der Waals surface area (Å²) < 4.78 is 24.6. The van der Waals surface area contributed by atoms with Crippen molar-refractivity contribution in [3.63, 3.8) is 0 Å². The molecule has 0 saturated carbocycles. The summed E-state index contributed by atoms with van der Waals surface area (Å²) in [4.78, 5) is 132. The van der Waals surface area contributed by atoms with Crippen LogP contribution in [-0.2, 0) is 77.9 Å². The number of aryl methyl sites for hydroxylation is 1. The van der Waals surface area contributed by atoms with Crippen molar-refractivity contribution in [3.05, 3.63) is 162 Å². The molecule has 22 heteroatoms. The number of ether oxygens (including phenoxy) is 4. The number of esters is 2. The van der Waals surface area contributed by atoms with Gasteiger partial charge in [-0.05, 0) is 104 Å². The summed E-state index contributed by atoms with van der Waals surface area (Å²) in [5, 5.41) is 16.9. The van der Waals surface area contributed by atoms with E-state index in [1.165, 1.54) is 30.2 Å². The molecule has 6 amide bonds. The van der Waals surface area contributed by atoms with Crippen molar-refractivity contribution in [1.82, 2.24) is 46.0 Å². The highest BCUT2D eigenvalue weighted by Gasteiger charge is 2.40. The van der Waals surface area contributed by atoms with Crippen LogP contribution in [0.4, 0.5) is 9.59 Å². The first-order valence-electron chi connectivity index (χ1n) is 28.2. The lowest BCUT2D eigenvalue weighted by Crippen LogP contribution is -2.60. The number of imidazole rings is 1. The van der Waals surface area contributed by atoms with Crippen LogP contribution in [0.2, 0.25) is 0 Å². The van der Waals surface area contributed by atoms with E-state index in [-0.39, 0.29) is 6.42 Å². The van der Waals surface area contributed by atoms with Crippen LogP contribution >= 0.6 is 0 Å². The Hall–Kier alpha value is -9.34. The Bertz CT molecular complexity index is 3260. The molecule has 6 aromatic rings. The molecule has 2 heterocycles. The third kappa shape index (κ3) is 18.3. The molecule has 6 rings (SSSR count). The third-order valence-electron chi connectivity index (χ3n) is 13.4. The highest BCUT2D eigenvalue weighted by atomic mass is 16.6. The molecule has 86 heavy (non-hydrogen) atoms. The Morgan fingerprint density at radius 3 is 1.55 bits per heavy atom. The SMILES string of the molecule is COC(=O)[C@H](C)NC(=O)[C@H](CC(=O)NC(c1ccccc1)(c1ccccc1)c1ccccc1)NC(=O)[C@H](Cc1cn(C(=O)OC(C)(C)C)c2ccccc12)NC(=O)[C@@H](CCC(=O)OC(C)(C)C)NC(=O)[C@H](Cc1cncn1C)NC(=O)OC(C)(C)C. The molecule has 0 fully saturated rings. The van der Waals surface area contributed by atoms with Crippen LogP contribution in [0.5, 0.6) is 0 Å². The molecule has 0 spiro atoms. The summed E-state index contributed by atoms with van der Waals surface area (Å²) >= 11 is 0. The first-order chi connectivity index (χ1) is 40.5. The monoisotopic (exact) mass is 1180 g/mol. The summed E-state index contributed by atoms with van der Waals surface area (Å²) in [6, 6.07) is 26.5. The number of carbonyl (C=O) groups excluding carboxylic acids is 9. The van der Waals surface area contributed by atoms with Crippen LogP contribution in [-0.4, -0.2) is 122 Å². The Labute approximate surface area is 500 Å². The Morgan fingerprint density at radius 1 is 0.558 bits per heavy atom. The zero-order valence-corrected chi connectivity index (χ0v) is 50.8. The molecule has 458 valence electrons. The number of rotatable bonds is 23. The van der Waals surface area contributed by atoms with Gasteiger partial charge in [0, 0.05) is 49.8 Å². The van der Waals surface area contributed by atoms with Gasteiger partial charge in [0.25, 0.3) is 0 Å². The second-order valence-corrected chi connectivity index (χ2v) is 23.8. The summed E-state index contributed by atoms with van der Waals surface area (Å²) in [5.74, 6) is -6.21. The first kappa shape index (κ1) is 65.8. The molecule has 22 nitrogen and oxygen atoms in total. The van der Waals surface area contributed by atoms with Gasteiger partial charge in [-0.3, -0.25) is 33.3 Å². The maximum Gasteiger partial charge on any atom is 0.419 e. The Kier molecular flexibility index (Phi) is 21.8. The average Bonchev–Trinajstić information content (AvgIpc) is 0.959. The van der Waals surface area contributed by atoms with E-state index in [4.69, 9.17) is 18.9 Å². The van der Waals surface area contributed by atoms with Crippen molar-refractivity contribution >= 4 is 64.6 Å². The van der Waals surface area contributed by atoms with Crippen molar-refractivity contribution in [1.29, 1.82) is 0 Å². The van der Waals surface area contributed by atoms with Gasteiger partial charge in [0.15, 0.2) is 0 Å². The van der Waals surface area contributed by atoms with E-state index in [1.807, 2.05) is 91.0 Å². The smallest absolute Gasteiger partial charge is 0.419 e. The second kappa shape index (κ2) is 28.5. The van der Waals surface area contributed by atoms with Gasteiger partial charge in [-0.1, -0.05) is 109 Å². The van der Waals surface area contributed by atoms with E-state index >= 15 is 14.4 Å². The van der Waals surface area contributed by atoms with Crippen LogP contribution in [0.15, 0.2) is 134 Å². The molecule has 0 radical (unpaired) electrons. The summed E-state index contributed by atoms with van der Waals surface area (Å²) in [6.45, 7) is 16.3. The van der Waals surface area contributed by atoms with Crippen LogP contribution in [0.3, 0.4) is 0 Å². The molecule has 5 atom stereocenters. The average molecular weight is 1180 g/mol. The van der Waals surface area contributed by atoms with Gasteiger partial charge in [0.2, 0.25) is 29.5 Å². The van der Waals surface area contributed by atoms with Gasteiger partial charge in [-0.25, -0.2) is 19.4 Å². The molecule has 0 saturated heterocycles. The fraction of sp³-hybridized carbons (Fsp3) is 0.406. The molecule has 0 aliphatic heterocycles. The third-order valence-corrected chi connectivity index (χ3v) is 13.4. The van der Waals surface area contributed by atoms with Crippen LogP contribution < -0.4 is 31.9 Å². The minimum Gasteiger partial charge on any atom is -0.467 e. The minimum atomic E-state index is -1.77. The predicted octanol–water partition coefficient (Wildman–Crippen LogP) is 6.59. The lowest BCUT2D eigenvalue weighted by molar-refractivity contribution is -0.155. The van der Waals surface area contributed by atoms with E-state index in [0.29, 0.717) is 38.9 Å². The summed E-state index contributed by atoms with van der Waals surface area (Å²) in [6.07, 6.45) is 0.642. The van der Waals surface area contributed by atoms with E-state index in [2.05, 4.69) is 36.9 Å². The molecule has 0 unspecified atom stereocenters. The zero-order valence-electron chi connectivity index (χ0n) is 50.8. The van der Waals surface area contributed by atoms with Gasteiger partial charge >= 0.3 is 24.1 Å². The number of benzene rings is 4. The molecular weight excluding hydrogens is 1100 g/mol. The number of amides is 6. The number of methoxy groups -OCH3 is 1. The highest BCUT2D eigenvalue weighted by Crippen LogP contribution is 2.37. The van der Waals surface area contributed by atoms with Gasteiger partial charge in [0.1, 0.15) is 52.6 Å². The number of alkyl carbamates (subject to hydrolysis) is 1. The van der Waals surface area contributed by atoms with Gasteiger partial charge < -0.3 is 55.4 Å². The number of hydrogen-bond donors (Lipinski definition) is 6. The maximum absolute atomic E-state index is 15.4. The largest absolute Gasteiger partial charge is 0.467 e. The zero-order chi connectivity index (χ0) is 63.1. The summed E-state index contributed by atoms with van der Waals surface area (Å²) in [7, 11) is 2.81. The molecule has 0 bridgehead atoms. The van der Waals surface area contributed by atoms with E-state index < -0.39 is 132 Å². The Morgan fingerprint density at radius 2 is 1.03 bits per heavy atom. The maximum atomic E-state index is 15.4. The van der Waals surface area contributed by atoms with Gasteiger partial charge in [-0.2, -0.15) is 0 Å². The van der Waals surface area contributed by atoms with E-state index in [9.17, 15) is 28.8 Å². The lowest BCUT2D eigenvalue weighted by atomic mass is 9.77. The van der Waals surface area contributed by atoms with Crippen LogP contribution in [0.25, 0.3) is 10.9 Å². The molecule has 6 N–H and O–H groups in total. The van der Waals surface area contributed by atoms with Crippen molar-refractivity contribution in [2.24, 2.45) is 7.05 Å². The fourth-order valence-electron chi connectivity index (χ4n) is 9.48. The standard InChI is InChI=1S/C64H79N9O13/c1-40(58(80)83-12)66-55(77)50(36-52(74)71-64(42-24-16-13-17-25-42,43-26-18-14-19-27-43)44-28-20-15-21-29-44)69-56(78)48(34-41-38-73(60(82)86-63(8,9)10)51-31-23-22-30-46(41)51)68-54(76)47(32-33-53(75)84-61(2,3)4)67-57(79)49(35-45-37-65-39-72(45)11)70-59(81)85-62(5,6)7/h13-31,37-40,47-50H,32-36H2,1-12H3,(H,66,77)(H,67,79)(H,68,76)(H,69,78)(H,70,81)(H,71,74)/t40-,47+,48-,49-,50-/m0/s1. The molecule has 4 aromatic carbocycles. The van der Waals surface area contributed by atoms with Crippen LogP contribution in [0.1, 0.15) is 116 Å². The van der Waals surface area contributed by atoms with Crippen molar-refractivity contribution in [2.75, 3.05) is 7.11 Å². The molecule has 2 aromatic heterocycles. The normalized spacial score (nSPS) is 13.5. The number of aromatic nitrogens is 3. The van der Waals surface area contributed by atoms with Gasteiger partial charge in [-0.15, -0.1) is 0 Å². The number of para-hydroxylation sites is 1. The number of hydrogen-bond acceptors (Lipinski definition) is 14. The van der Waals surface area contributed by atoms with Crippen molar-refractivity contribution in [2.45, 2.75) is 154 Å². The van der Waals surface area contributed by atoms with Crippen molar-refractivity contribution < 1.29 is 62.1 Å². The predicted molar refractivity (Wildman–Crippen MR) is 320 cm³/mol. The summed E-state index contributed by atoms with van der Waals surface area (Å²) in [5.41, 5.74) is -1.02. The Balaban J connectivity index is 1.45. The quantitative estimate of drug-likeness (QED) is 0.0224. The van der Waals surface area contributed by atoms with E-state index in [1.54, 1.807) is 98.2 Å². The number of nitrogens with one attached hydrogen (secondary N) is 6. The number of nitrogens with zero attached hydrogens (tertiary/aromatic N) is 3. The van der Waals surface area contributed by atoms with Crippen LogP contribution in [0, 0.1) is 0 Å². The first-order valence-corrected chi connectivity index (χ1v) is 28.2. The lowest BCUT2D eigenvalue weighted by Gasteiger charge is -2.37. The van der Waals surface area contributed by atoms with Gasteiger partial charge in [0.05, 0.1) is 25.4 Å². The second-order valence-electron chi connectivity index (χ2n) is 23.8. The van der Waals surface area contributed by atoms with Crippen molar-refractivity contribution in [3.8, 4) is 0 Å². The topological polar surface area (TPSA) is 285 Å². The number of carbonyl (C=O) groups is 9. The fourth-order valence-corrected chi connectivity index (χ4v) is 9.48. The highest BCUT2D eigenvalue weighted by molar-refractivity contribution is 5.99. The molecule has 0 aliphatic rings.